The van der Waals surface area contributed by atoms with Crippen LogP contribution in [0.1, 0.15) is 5.56 Å². The highest BCUT2D eigenvalue weighted by Crippen LogP contribution is 2.11. The van der Waals surface area contributed by atoms with Gasteiger partial charge in [-0.05, 0) is 6.07 Å². The number of nitrogens with zero attached hydrogens (tertiary/aromatic N) is 3. The number of nitriles is 1. The van der Waals surface area contributed by atoms with Crippen LogP contribution in [0.4, 0.5) is 0 Å². The average molecular weight is 144 g/mol. The summed E-state index contributed by atoms with van der Waals surface area (Å²) < 4.78 is 0. The summed E-state index contributed by atoms with van der Waals surface area (Å²) >= 11 is 0. The molecule has 0 radical (unpaired) electrons. The summed E-state index contributed by atoms with van der Waals surface area (Å²) in [4.78, 5) is 2.91. The number of rotatable bonds is 0. The third kappa shape index (κ3) is 0.749. The van der Waals surface area contributed by atoms with Crippen LogP contribution in [0.2, 0.25) is 0 Å². The van der Waals surface area contributed by atoms with Gasteiger partial charge in [0.2, 0.25) is 0 Å². The standard InChI is InChI=1S/C7H4N4/c8-3-5-4-9-6-1-2-10-11-7(5)6/h1-2,4,9H. The third-order valence-corrected chi connectivity index (χ3v) is 1.47. The molecule has 2 heterocycles. The van der Waals surface area contributed by atoms with E-state index in [0.717, 1.165) is 5.52 Å². The van der Waals surface area contributed by atoms with Crippen LogP contribution in [0.15, 0.2) is 18.5 Å². The van der Waals surface area contributed by atoms with Crippen LogP contribution in [0, 0.1) is 11.3 Å². The fourth-order valence-corrected chi connectivity index (χ4v) is 0.951. The Kier molecular flexibility index (Phi) is 1.10. The van der Waals surface area contributed by atoms with E-state index in [4.69, 9.17) is 5.26 Å². The molecule has 2 aromatic heterocycles. The number of hydrogen-bond donors (Lipinski definition) is 1. The molecule has 0 saturated heterocycles. The van der Waals surface area contributed by atoms with Crippen molar-refractivity contribution in [1.29, 1.82) is 5.26 Å². The van der Waals surface area contributed by atoms with Gasteiger partial charge in [-0.25, -0.2) is 0 Å². The van der Waals surface area contributed by atoms with Crippen LogP contribution in [-0.2, 0) is 0 Å². The second kappa shape index (κ2) is 2.06. The fraction of sp³-hybridized carbons (Fsp3) is 0. The molecule has 0 spiro atoms. The van der Waals surface area contributed by atoms with Gasteiger partial charge in [-0.15, -0.1) is 5.10 Å². The maximum atomic E-state index is 8.59. The van der Waals surface area contributed by atoms with Gasteiger partial charge in [0.05, 0.1) is 17.3 Å². The molecule has 4 nitrogen and oxygen atoms in total. The van der Waals surface area contributed by atoms with E-state index in [-0.39, 0.29) is 0 Å². The molecule has 52 valence electrons. The minimum atomic E-state index is 0.535. The lowest BCUT2D eigenvalue weighted by atomic mass is 10.3. The Balaban J connectivity index is 2.89. The molecule has 0 amide bonds. The molecule has 11 heavy (non-hydrogen) atoms. The molecule has 0 bridgehead atoms. The van der Waals surface area contributed by atoms with Crippen LogP contribution in [0.25, 0.3) is 11.0 Å². The van der Waals surface area contributed by atoms with Crippen molar-refractivity contribution in [2.45, 2.75) is 0 Å². The molecule has 2 rings (SSSR count). The Labute approximate surface area is 62.5 Å². The summed E-state index contributed by atoms with van der Waals surface area (Å²) in [7, 11) is 0. The van der Waals surface area contributed by atoms with E-state index in [1.54, 1.807) is 18.5 Å². The van der Waals surface area contributed by atoms with Crippen LogP contribution >= 0.6 is 0 Å². The van der Waals surface area contributed by atoms with Crippen LogP contribution in [0.5, 0.6) is 0 Å². The number of fused-ring (bicyclic) bond motifs is 1. The van der Waals surface area contributed by atoms with Gasteiger partial charge in [0.15, 0.2) is 0 Å². The maximum absolute atomic E-state index is 8.59. The maximum Gasteiger partial charge on any atom is 0.128 e. The lowest BCUT2D eigenvalue weighted by molar-refractivity contribution is 1.07. The first-order valence-electron chi connectivity index (χ1n) is 3.10. The molecule has 0 aliphatic carbocycles. The monoisotopic (exact) mass is 144 g/mol. The first-order valence-corrected chi connectivity index (χ1v) is 3.10. The van der Waals surface area contributed by atoms with Gasteiger partial charge in [0.1, 0.15) is 11.6 Å². The number of H-pyrrole nitrogens is 1. The van der Waals surface area contributed by atoms with Gasteiger partial charge in [-0.2, -0.15) is 10.4 Å². The smallest absolute Gasteiger partial charge is 0.128 e. The van der Waals surface area contributed by atoms with Crippen LogP contribution < -0.4 is 0 Å². The second-order valence-electron chi connectivity index (χ2n) is 2.11. The minimum absolute atomic E-state index is 0.535. The molecule has 0 aliphatic rings. The number of nitrogens with one attached hydrogen (secondary N) is 1. The summed E-state index contributed by atoms with van der Waals surface area (Å²) in [6.45, 7) is 0. The Hall–Kier alpha value is -1.89. The van der Waals surface area contributed by atoms with Crippen molar-refractivity contribution in [3.8, 4) is 6.07 Å². The molecular formula is C7H4N4. The van der Waals surface area contributed by atoms with Gasteiger partial charge in [0, 0.05) is 6.20 Å². The van der Waals surface area contributed by atoms with Crippen molar-refractivity contribution in [3.05, 3.63) is 24.0 Å². The van der Waals surface area contributed by atoms with Crippen molar-refractivity contribution in [2.75, 3.05) is 0 Å². The normalized spacial score (nSPS) is 9.73. The summed E-state index contributed by atoms with van der Waals surface area (Å²) in [6, 6.07) is 3.80. The summed E-state index contributed by atoms with van der Waals surface area (Å²) in [5, 5.41) is 16.1. The van der Waals surface area contributed by atoms with E-state index < -0.39 is 0 Å². The molecule has 4 heteroatoms. The highest BCUT2D eigenvalue weighted by atomic mass is 15.1. The lowest BCUT2D eigenvalue weighted by Crippen LogP contribution is -1.79. The first kappa shape index (κ1) is 5.86. The summed E-state index contributed by atoms with van der Waals surface area (Å²) in [5.74, 6) is 0. The fourth-order valence-electron chi connectivity index (χ4n) is 0.951. The summed E-state index contributed by atoms with van der Waals surface area (Å²) in [6.07, 6.45) is 3.21. The van der Waals surface area contributed by atoms with Crippen molar-refractivity contribution in [3.63, 3.8) is 0 Å². The van der Waals surface area contributed by atoms with Crippen LogP contribution in [0.3, 0.4) is 0 Å². The van der Waals surface area contributed by atoms with Crippen molar-refractivity contribution < 1.29 is 0 Å². The Bertz CT molecular complexity index is 423. The van der Waals surface area contributed by atoms with Crippen molar-refractivity contribution in [2.24, 2.45) is 0 Å². The number of hydrogen-bond acceptors (Lipinski definition) is 3. The zero-order valence-corrected chi connectivity index (χ0v) is 5.57. The van der Waals surface area contributed by atoms with E-state index in [0.29, 0.717) is 11.1 Å². The largest absolute Gasteiger partial charge is 0.358 e. The van der Waals surface area contributed by atoms with E-state index in [1.165, 1.54) is 0 Å². The van der Waals surface area contributed by atoms with Gasteiger partial charge in [-0.1, -0.05) is 0 Å². The quantitative estimate of drug-likeness (QED) is 0.595. The molecule has 1 N–H and O–H groups in total. The van der Waals surface area contributed by atoms with Gasteiger partial charge in [-0.3, -0.25) is 0 Å². The molecule has 0 aliphatic heterocycles. The lowest BCUT2D eigenvalue weighted by Gasteiger charge is -1.83. The first-order chi connectivity index (χ1) is 5.42. The predicted octanol–water partition coefficient (Wildman–Crippen LogP) is 0.830. The Morgan fingerprint density at radius 3 is 3.27 bits per heavy atom. The molecular weight excluding hydrogens is 140 g/mol. The Morgan fingerprint density at radius 1 is 1.55 bits per heavy atom. The third-order valence-electron chi connectivity index (χ3n) is 1.47. The van der Waals surface area contributed by atoms with Gasteiger partial charge >= 0.3 is 0 Å². The molecule has 0 aromatic carbocycles. The van der Waals surface area contributed by atoms with Gasteiger partial charge < -0.3 is 4.98 Å². The molecule has 2 aromatic rings. The predicted molar refractivity (Wildman–Crippen MR) is 38.6 cm³/mol. The van der Waals surface area contributed by atoms with E-state index >= 15 is 0 Å². The molecule has 0 atom stereocenters. The van der Waals surface area contributed by atoms with E-state index in [2.05, 4.69) is 15.2 Å². The molecule has 0 fully saturated rings. The van der Waals surface area contributed by atoms with Gasteiger partial charge in [0.25, 0.3) is 0 Å². The number of aromatic amines is 1. The molecule has 0 saturated carbocycles. The summed E-state index contributed by atoms with van der Waals surface area (Å²) in [5.41, 5.74) is 2.01. The minimum Gasteiger partial charge on any atom is -0.358 e. The topological polar surface area (TPSA) is 65.4 Å². The van der Waals surface area contributed by atoms with Crippen molar-refractivity contribution >= 4 is 11.0 Å². The van der Waals surface area contributed by atoms with Crippen molar-refractivity contribution in [1.82, 2.24) is 15.2 Å². The zero-order chi connectivity index (χ0) is 7.68. The highest BCUT2D eigenvalue weighted by Gasteiger charge is 2.01. The second-order valence-corrected chi connectivity index (χ2v) is 2.11. The van der Waals surface area contributed by atoms with E-state index in [1.807, 2.05) is 6.07 Å². The highest BCUT2D eigenvalue weighted by molar-refractivity contribution is 5.80. The molecule has 0 unspecified atom stereocenters. The Morgan fingerprint density at radius 2 is 2.45 bits per heavy atom. The zero-order valence-electron chi connectivity index (χ0n) is 5.57. The van der Waals surface area contributed by atoms with Crippen LogP contribution in [-0.4, -0.2) is 15.2 Å². The SMILES string of the molecule is N#Cc1c[nH]c2ccnnc12. The number of aromatic nitrogens is 3. The van der Waals surface area contributed by atoms with E-state index in [9.17, 15) is 0 Å². The average Bonchev–Trinajstić information content (AvgIpc) is 2.47.